The zero-order valence-electron chi connectivity index (χ0n) is 14.9. The highest BCUT2D eigenvalue weighted by molar-refractivity contribution is 7.14. The van der Waals surface area contributed by atoms with Crippen molar-refractivity contribution in [3.8, 4) is 11.8 Å². The predicted molar refractivity (Wildman–Crippen MR) is 103 cm³/mol. The average Bonchev–Trinajstić information content (AvgIpc) is 2.98. The van der Waals surface area contributed by atoms with Crippen LogP contribution < -0.4 is 10.1 Å². The van der Waals surface area contributed by atoms with E-state index in [0.29, 0.717) is 17.1 Å². The van der Waals surface area contributed by atoms with Gasteiger partial charge in [0.1, 0.15) is 16.8 Å². The minimum Gasteiger partial charge on any atom is -0.497 e. The van der Waals surface area contributed by atoms with E-state index in [9.17, 15) is 4.79 Å². The van der Waals surface area contributed by atoms with Gasteiger partial charge in [0, 0.05) is 6.04 Å². The summed E-state index contributed by atoms with van der Waals surface area (Å²) in [5.74, 6) is 0.776. The lowest BCUT2D eigenvalue weighted by Crippen LogP contribution is -2.36. The van der Waals surface area contributed by atoms with Gasteiger partial charge in [-0.15, -0.1) is 11.3 Å². The SMILES string of the molecule is COc1ccc([C@H]2CCCCCN2CC(=O)Nc2sccc2C#N)cc1. The number of nitrogens with zero attached hydrogens (tertiary/aromatic N) is 2. The third-order valence-corrected chi connectivity index (χ3v) is 5.58. The Bertz CT molecular complexity index is 779. The Labute approximate surface area is 158 Å². The predicted octanol–water partition coefficient (Wildman–Crippen LogP) is 4.18. The van der Waals surface area contributed by atoms with Gasteiger partial charge in [0.2, 0.25) is 5.91 Å². The highest BCUT2D eigenvalue weighted by Gasteiger charge is 2.25. The minimum atomic E-state index is -0.0654. The van der Waals surface area contributed by atoms with Crippen molar-refractivity contribution in [3.05, 3.63) is 46.8 Å². The third kappa shape index (κ3) is 4.43. The smallest absolute Gasteiger partial charge is 0.239 e. The molecule has 26 heavy (non-hydrogen) atoms. The Kier molecular flexibility index (Phi) is 6.26. The van der Waals surface area contributed by atoms with Gasteiger partial charge < -0.3 is 10.1 Å². The van der Waals surface area contributed by atoms with Gasteiger partial charge in [0.25, 0.3) is 0 Å². The Morgan fingerprint density at radius 2 is 2.12 bits per heavy atom. The molecule has 1 aliphatic rings. The monoisotopic (exact) mass is 369 g/mol. The number of ether oxygens (including phenoxy) is 1. The van der Waals surface area contributed by atoms with Crippen LogP contribution in [0.4, 0.5) is 5.00 Å². The van der Waals surface area contributed by atoms with Crippen molar-refractivity contribution in [1.29, 1.82) is 5.26 Å². The molecule has 0 spiro atoms. The van der Waals surface area contributed by atoms with Crippen LogP contribution in [0.5, 0.6) is 5.75 Å². The van der Waals surface area contributed by atoms with Gasteiger partial charge in [0.15, 0.2) is 0 Å². The van der Waals surface area contributed by atoms with Crippen molar-refractivity contribution in [1.82, 2.24) is 4.90 Å². The number of nitriles is 1. The summed E-state index contributed by atoms with van der Waals surface area (Å²) < 4.78 is 5.25. The van der Waals surface area contributed by atoms with Crippen molar-refractivity contribution in [2.24, 2.45) is 0 Å². The molecule has 6 heteroatoms. The second-order valence-electron chi connectivity index (χ2n) is 6.43. The Balaban J connectivity index is 1.71. The summed E-state index contributed by atoms with van der Waals surface area (Å²) in [4.78, 5) is 14.8. The first-order valence-electron chi connectivity index (χ1n) is 8.86. The first-order chi connectivity index (χ1) is 12.7. The number of thiophene rings is 1. The van der Waals surface area contributed by atoms with E-state index in [2.05, 4.69) is 28.4 Å². The summed E-state index contributed by atoms with van der Waals surface area (Å²) in [6, 6.07) is 12.2. The number of benzene rings is 1. The maximum absolute atomic E-state index is 12.6. The molecular formula is C20H23N3O2S. The zero-order chi connectivity index (χ0) is 18.4. The van der Waals surface area contributed by atoms with Crippen LogP contribution in [0, 0.1) is 11.3 Å². The van der Waals surface area contributed by atoms with Crippen LogP contribution in [0.3, 0.4) is 0 Å². The van der Waals surface area contributed by atoms with E-state index in [-0.39, 0.29) is 11.9 Å². The molecule has 5 nitrogen and oxygen atoms in total. The van der Waals surface area contributed by atoms with Gasteiger partial charge in [-0.2, -0.15) is 5.26 Å². The molecule has 136 valence electrons. The fraction of sp³-hybridized carbons (Fsp3) is 0.400. The van der Waals surface area contributed by atoms with Crippen molar-refractivity contribution < 1.29 is 9.53 Å². The lowest BCUT2D eigenvalue weighted by molar-refractivity contribution is -0.117. The fourth-order valence-corrected chi connectivity index (χ4v) is 4.16. The molecule has 1 fully saturated rings. The van der Waals surface area contributed by atoms with Gasteiger partial charge in [-0.1, -0.05) is 25.0 Å². The second-order valence-corrected chi connectivity index (χ2v) is 7.35. The number of methoxy groups -OCH3 is 1. The molecule has 0 bridgehead atoms. The van der Waals surface area contributed by atoms with Crippen LogP contribution >= 0.6 is 11.3 Å². The van der Waals surface area contributed by atoms with Gasteiger partial charge in [-0.05, 0) is 48.5 Å². The van der Waals surface area contributed by atoms with Gasteiger partial charge >= 0.3 is 0 Å². The van der Waals surface area contributed by atoms with Crippen LogP contribution in [0.1, 0.15) is 42.9 Å². The number of rotatable bonds is 5. The Morgan fingerprint density at radius 1 is 1.31 bits per heavy atom. The molecule has 1 aromatic heterocycles. The number of amides is 1. The molecule has 0 radical (unpaired) electrons. The zero-order valence-corrected chi connectivity index (χ0v) is 15.7. The fourth-order valence-electron chi connectivity index (χ4n) is 3.41. The van der Waals surface area contributed by atoms with E-state index >= 15 is 0 Å². The van der Waals surface area contributed by atoms with E-state index in [0.717, 1.165) is 25.1 Å². The molecule has 1 N–H and O–H groups in total. The summed E-state index contributed by atoms with van der Waals surface area (Å²) in [5, 5.41) is 14.4. The molecule has 1 aromatic carbocycles. The van der Waals surface area contributed by atoms with Gasteiger partial charge in [0.05, 0.1) is 19.2 Å². The number of hydrogen-bond acceptors (Lipinski definition) is 5. The third-order valence-electron chi connectivity index (χ3n) is 4.75. The van der Waals surface area contributed by atoms with E-state index in [1.807, 2.05) is 17.5 Å². The average molecular weight is 369 g/mol. The summed E-state index contributed by atoms with van der Waals surface area (Å²) >= 11 is 1.38. The highest BCUT2D eigenvalue weighted by atomic mass is 32.1. The second kappa shape index (κ2) is 8.84. The summed E-state index contributed by atoms with van der Waals surface area (Å²) in [5.41, 5.74) is 1.74. The Morgan fingerprint density at radius 3 is 2.85 bits per heavy atom. The largest absolute Gasteiger partial charge is 0.497 e. The molecule has 2 aromatic rings. The standard InChI is InChI=1S/C20H23N3O2S/c1-25-17-8-6-15(7-9-17)18-5-3-2-4-11-23(18)14-19(24)22-20-16(13-21)10-12-26-20/h6-10,12,18H,2-5,11,14H2,1H3,(H,22,24)/t18-/m1/s1. The van der Waals surface area contributed by atoms with Crippen LogP contribution in [-0.2, 0) is 4.79 Å². The Hall–Kier alpha value is -2.36. The van der Waals surface area contributed by atoms with Gasteiger partial charge in [-0.25, -0.2) is 0 Å². The topological polar surface area (TPSA) is 65.4 Å². The van der Waals surface area contributed by atoms with Crippen molar-refractivity contribution in [2.75, 3.05) is 25.5 Å². The van der Waals surface area contributed by atoms with Crippen molar-refractivity contribution >= 4 is 22.2 Å². The van der Waals surface area contributed by atoms with Crippen LogP contribution in [0.25, 0.3) is 0 Å². The summed E-state index contributed by atoms with van der Waals surface area (Å²) in [6.45, 7) is 1.24. The van der Waals surface area contributed by atoms with E-state index < -0.39 is 0 Å². The molecule has 3 rings (SSSR count). The number of carbonyl (C=O) groups is 1. The van der Waals surface area contributed by atoms with E-state index in [1.165, 1.54) is 29.7 Å². The normalized spacial score (nSPS) is 17.9. The first-order valence-corrected chi connectivity index (χ1v) is 9.74. The number of nitrogens with one attached hydrogen (secondary N) is 1. The van der Waals surface area contributed by atoms with Crippen LogP contribution in [0.15, 0.2) is 35.7 Å². The summed E-state index contributed by atoms with van der Waals surface area (Å²) in [7, 11) is 1.66. The van der Waals surface area contributed by atoms with Crippen LogP contribution in [0.2, 0.25) is 0 Å². The number of carbonyl (C=O) groups excluding carboxylic acids is 1. The maximum atomic E-state index is 12.6. The summed E-state index contributed by atoms with van der Waals surface area (Å²) in [6.07, 6.45) is 4.50. The van der Waals surface area contributed by atoms with Crippen molar-refractivity contribution in [3.63, 3.8) is 0 Å². The molecule has 1 aliphatic heterocycles. The molecular weight excluding hydrogens is 346 g/mol. The molecule has 2 heterocycles. The number of hydrogen-bond donors (Lipinski definition) is 1. The number of anilines is 1. The lowest BCUT2D eigenvalue weighted by atomic mass is 10.0. The van der Waals surface area contributed by atoms with Crippen molar-refractivity contribution in [2.45, 2.75) is 31.7 Å². The van der Waals surface area contributed by atoms with Crippen LogP contribution in [-0.4, -0.2) is 31.0 Å². The minimum absolute atomic E-state index is 0.0654. The quantitative estimate of drug-likeness (QED) is 0.858. The lowest BCUT2D eigenvalue weighted by Gasteiger charge is -2.29. The van der Waals surface area contributed by atoms with E-state index in [1.54, 1.807) is 13.2 Å². The molecule has 1 atom stereocenters. The highest BCUT2D eigenvalue weighted by Crippen LogP contribution is 2.31. The maximum Gasteiger partial charge on any atom is 0.239 e. The molecule has 0 aliphatic carbocycles. The van der Waals surface area contributed by atoms with Gasteiger partial charge in [-0.3, -0.25) is 9.69 Å². The van der Waals surface area contributed by atoms with E-state index in [4.69, 9.17) is 10.00 Å². The number of likely N-dealkylation sites (tertiary alicyclic amines) is 1. The molecule has 1 saturated heterocycles. The first kappa shape index (κ1) is 18.4. The molecule has 0 saturated carbocycles. The molecule has 1 amide bonds. The molecule has 0 unspecified atom stereocenters.